The average molecular weight is 429 g/mol. The van der Waals surface area contributed by atoms with E-state index in [1.165, 1.54) is 5.56 Å². The van der Waals surface area contributed by atoms with Crippen LogP contribution in [-0.4, -0.2) is 56.7 Å². The highest BCUT2D eigenvalue weighted by Crippen LogP contribution is 2.20. The third kappa shape index (κ3) is 6.31. The molecular weight excluding hydrogens is 396 g/mol. The molecule has 1 saturated heterocycles. The first kappa shape index (κ1) is 22.3. The minimum Gasteiger partial charge on any atom is -0.357 e. The van der Waals surface area contributed by atoms with Crippen molar-refractivity contribution in [2.75, 3.05) is 25.4 Å². The van der Waals surface area contributed by atoms with Gasteiger partial charge in [0.25, 0.3) is 0 Å². The van der Waals surface area contributed by atoms with Crippen LogP contribution >= 0.6 is 0 Å². The summed E-state index contributed by atoms with van der Waals surface area (Å²) in [5, 5.41) is 6.73. The van der Waals surface area contributed by atoms with Gasteiger partial charge in [0, 0.05) is 31.7 Å². The Balaban J connectivity index is 1.56. The molecule has 2 N–H and O–H groups in total. The summed E-state index contributed by atoms with van der Waals surface area (Å²) >= 11 is 0. The SMILES string of the molecule is CCNC(=NCCS(=O)(=O)c1ccccc1)NC1CC(C)N(Cc2ccccc2)C1. The van der Waals surface area contributed by atoms with Crippen LogP contribution < -0.4 is 10.6 Å². The molecule has 1 fully saturated rings. The van der Waals surface area contributed by atoms with E-state index in [1.54, 1.807) is 24.3 Å². The summed E-state index contributed by atoms with van der Waals surface area (Å²) in [6, 6.07) is 19.8. The monoisotopic (exact) mass is 428 g/mol. The van der Waals surface area contributed by atoms with Crippen molar-refractivity contribution in [3.63, 3.8) is 0 Å². The van der Waals surface area contributed by atoms with E-state index >= 15 is 0 Å². The molecule has 2 aromatic carbocycles. The van der Waals surface area contributed by atoms with E-state index in [0.29, 0.717) is 16.9 Å². The summed E-state index contributed by atoms with van der Waals surface area (Å²) in [4.78, 5) is 7.33. The molecule has 7 heteroatoms. The second kappa shape index (κ2) is 10.6. The van der Waals surface area contributed by atoms with Crippen molar-refractivity contribution in [2.45, 2.75) is 43.8 Å². The van der Waals surface area contributed by atoms with Gasteiger partial charge in [-0.1, -0.05) is 48.5 Å². The molecule has 3 rings (SSSR count). The Hall–Kier alpha value is -2.38. The molecule has 0 aliphatic carbocycles. The van der Waals surface area contributed by atoms with Gasteiger partial charge in [-0.05, 0) is 38.0 Å². The average Bonchev–Trinajstić information content (AvgIpc) is 3.08. The predicted molar refractivity (Wildman–Crippen MR) is 122 cm³/mol. The fraction of sp³-hybridized carbons (Fsp3) is 0.435. The molecule has 2 unspecified atom stereocenters. The van der Waals surface area contributed by atoms with Crippen LogP contribution in [0, 0.1) is 0 Å². The molecule has 2 aromatic rings. The fourth-order valence-corrected chi connectivity index (χ4v) is 4.92. The molecule has 1 heterocycles. The smallest absolute Gasteiger partial charge is 0.191 e. The number of nitrogens with zero attached hydrogens (tertiary/aromatic N) is 2. The zero-order chi connectivity index (χ0) is 21.4. The molecule has 30 heavy (non-hydrogen) atoms. The number of nitrogens with one attached hydrogen (secondary N) is 2. The Morgan fingerprint density at radius 2 is 1.77 bits per heavy atom. The quantitative estimate of drug-likeness (QED) is 0.500. The molecule has 0 bridgehead atoms. The van der Waals surface area contributed by atoms with Crippen molar-refractivity contribution in [3.8, 4) is 0 Å². The molecule has 1 aliphatic heterocycles. The van der Waals surface area contributed by atoms with E-state index in [4.69, 9.17) is 0 Å². The molecular formula is C23H32N4O2S. The van der Waals surface area contributed by atoms with E-state index in [2.05, 4.69) is 51.7 Å². The van der Waals surface area contributed by atoms with Crippen molar-refractivity contribution in [3.05, 3.63) is 66.2 Å². The maximum atomic E-state index is 12.5. The van der Waals surface area contributed by atoms with Gasteiger partial charge in [0.2, 0.25) is 0 Å². The first-order valence-corrected chi connectivity index (χ1v) is 12.2. The summed E-state index contributed by atoms with van der Waals surface area (Å²) in [7, 11) is -3.32. The van der Waals surface area contributed by atoms with Crippen LogP contribution in [0.4, 0.5) is 0 Å². The summed E-state index contributed by atoms with van der Waals surface area (Å²) in [5.74, 6) is 0.675. The Bertz CT molecular complexity index is 917. The largest absolute Gasteiger partial charge is 0.357 e. The lowest BCUT2D eigenvalue weighted by Gasteiger charge is -2.21. The normalized spacial score (nSPS) is 20.3. The molecule has 6 nitrogen and oxygen atoms in total. The summed E-state index contributed by atoms with van der Waals surface area (Å²) in [6.07, 6.45) is 1.03. The maximum Gasteiger partial charge on any atom is 0.191 e. The first-order chi connectivity index (χ1) is 14.5. The van der Waals surface area contributed by atoms with E-state index in [0.717, 1.165) is 26.1 Å². The van der Waals surface area contributed by atoms with E-state index in [9.17, 15) is 8.42 Å². The van der Waals surface area contributed by atoms with Crippen LogP contribution in [0.5, 0.6) is 0 Å². The number of hydrogen-bond donors (Lipinski definition) is 2. The van der Waals surface area contributed by atoms with Gasteiger partial charge >= 0.3 is 0 Å². The third-order valence-corrected chi connectivity index (χ3v) is 7.06. The van der Waals surface area contributed by atoms with Crippen molar-refractivity contribution in [1.82, 2.24) is 15.5 Å². The molecule has 0 radical (unpaired) electrons. The highest BCUT2D eigenvalue weighted by Gasteiger charge is 2.29. The van der Waals surface area contributed by atoms with Crippen LogP contribution in [0.3, 0.4) is 0 Å². The van der Waals surface area contributed by atoms with Crippen LogP contribution in [0.15, 0.2) is 70.6 Å². The summed E-state index contributed by atoms with van der Waals surface area (Å²) in [5.41, 5.74) is 1.32. The second-order valence-electron chi connectivity index (χ2n) is 7.73. The number of benzene rings is 2. The fourth-order valence-electron chi connectivity index (χ4n) is 3.78. The van der Waals surface area contributed by atoms with Crippen molar-refractivity contribution < 1.29 is 8.42 Å². The van der Waals surface area contributed by atoms with Gasteiger partial charge in [0.1, 0.15) is 0 Å². The van der Waals surface area contributed by atoms with Crippen LogP contribution in [0.2, 0.25) is 0 Å². The minimum absolute atomic E-state index is 0.00517. The lowest BCUT2D eigenvalue weighted by molar-refractivity contribution is 0.258. The molecule has 0 amide bonds. The molecule has 0 spiro atoms. The highest BCUT2D eigenvalue weighted by molar-refractivity contribution is 7.91. The Morgan fingerprint density at radius 3 is 2.43 bits per heavy atom. The number of aliphatic imine (C=N–C) groups is 1. The van der Waals surface area contributed by atoms with Gasteiger partial charge in [-0.25, -0.2) is 8.42 Å². The van der Waals surface area contributed by atoms with Crippen molar-refractivity contribution in [1.29, 1.82) is 0 Å². The summed E-state index contributed by atoms with van der Waals surface area (Å²) in [6.45, 7) is 7.08. The van der Waals surface area contributed by atoms with Gasteiger partial charge in [-0.3, -0.25) is 9.89 Å². The topological polar surface area (TPSA) is 73.8 Å². The maximum absolute atomic E-state index is 12.5. The standard InChI is InChI=1S/C23H32N4O2S/c1-3-24-23(25-14-15-30(28,29)22-12-8-5-9-13-22)26-21-16-19(2)27(18-21)17-20-10-6-4-7-11-20/h4-13,19,21H,3,14-18H2,1-2H3,(H2,24,25,26). The number of rotatable bonds is 8. The molecule has 162 valence electrons. The zero-order valence-corrected chi connectivity index (χ0v) is 18.6. The number of sulfone groups is 1. The molecule has 0 aromatic heterocycles. The third-order valence-electron chi connectivity index (χ3n) is 5.35. The van der Waals surface area contributed by atoms with Gasteiger partial charge in [-0.2, -0.15) is 0 Å². The van der Waals surface area contributed by atoms with Crippen LogP contribution in [0.1, 0.15) is 25.8 Å². The van der Waals surface area contributed by atoms with E-state index in [-0.39, 0.29) is 18.3 Å². The van der Waals surface area contributed by atoms with Gasteiger partial charge in [0.15, 0.2) is 15.8 Å². The Morgan fingerprint density at radius 1 is 1.10 bits per heavy atom. The van der Waals surface area contributed by atoms with Gasteiger partial charge in [0.05, 0.1) is 17.2 Å². The zero-order valence-electron chi connectivity index (χ0n) is 17.8. The minimum atomic E-state index is -3.32. The van der Waals surface area contributed by atoms with Crippen molar-refractivity contribution in [2.24, 2.45) is 4.99 Å². The molecule has 2 atom stereocenters. The highest BCUT2D eigenvalue weighted by atomic mass is 32.2. The van der Waals surface area contributed by atoms with Crippen molar-refractivity contribution >= 4 is 15.8 Å². The van der Waals surface area contributed by atoms with Crippen LogP contribution in [-0.2, 0) is 16.4 Å². The number of likely N-dealkylation sites (tertiary alicyclic amines) is 1. The van der Waals surface area contributed by atoms with Gasteiger partial charge < -0.3 is 10.6 Å². The summed E-state index contributed by atoms with van der Waals surface area (Å²) < 4.78 is 24.9. The van der Waals surface area contributed by atoms with Gasteiger partial charge in [-0.15, -0.1) is 0 Å². The first-order valence-electron chi connectivity index (χ1n) is 10.6. The Kier molecular flexibility index (Phi) is 7.87. The lowest BCUT2D eigenvalue weighted by Crippen LogP contribution is -2.44. The van der Waals surface area contributed by atoms with E-state index in [1.807, 2.05) is 19.1 Å². The lowest BCUT2D eigenvalue weighted by atomic mass is 10.2. The number of guanidine groups is 1. The van der Waals surface area contributed by atoms with E-state index < -0.39 is 9.84 Å². The number of hydrogen-bond acceptors (Lipinski definition) is 4. The second-order valence-corrected chi connectivity index (χ2v) is 9.84. The predicted octanol–water partition coefficient (Wildman–Crippen LogP) is 2.68. The molecule has 0 saturated carbocycles. The Labute approximate surface area is 180 Å². The van der Waals surface area contributed by atoms with Crippen LogP contribution in [0.25, 0.3) is 0 Å². The molecule has 1 aliphatic rings.